The lowest BCUT2D eigenvalue weighted by Gasteiger charge is -2.05. The van der Waals surface area contributed by atoms with Crippen LogP contribution in [0.25, 0.3) is 10.9 Å². The summed E-state index contributed by atoms with van der Waals surface area (Å²) in [6.45, 7) is 2.07. The lowest BCUT2D eigenvalue weighted by Crippen LogP contribution is -1.91. The first-order chi connectivity index (χ1) is 9.20. The van der Waals surface area contributed by atoms with Gasteiger partial charge in [-0.25, -0.2) is 0 Å². The predicted molar refractivity (Wildman–Crippen MR) is 80.1 cm³/mol. The topological polar surface area (TPSA) is 38.9 Å². The van der Waals surface area contributed by atoms with Gasteiger partial charge < -0.3 is 5.73 Å². The van der Waals surface area contributed by atoms with Crippen molar-refractivity contribution in [1.82, 2.24) is 4.98 Å². The van der Waals surface area contributed by atoms with E-state index in [9.17, 15) is 0 Å². The molecule has 2 heteroatoms. The van der Waals surface area contributed by atoms with Crippen molar-refractivity contribution in [2.45, 2.75) is 13.3 Å². The van der Waals surface area contributed by atoms with Gasteiger partial charge in [0, 0.05) is 17.3 Å². The Morgan fingerprint density at radius 3 is 2.47 bits per heavy atom. The third-order valence-corrected chi connectivity index (χ3v) is 3.27. The first kappa shape index (κ1) is 11.7. The molecule has 0 saturated carbocycles. The summed E-state index contributed by atoms with van der Waals surface area (Å²) in [5.74, 6) is 0. The molecule has 0 bridgehead atoms. The van der Waals surface area contributed by atoms with Crippen LogP contribution in [0.2, 0.25) is 0 Å². The molecule has 2 N–H and O–H groups in total. The minimum atomic E-state index is 0.807. The zero-order chi connectivity index (χ0) is 13.2. The van der Waals surface area contributed by atoms with Gasteiger partial charge in [-0.05, 0) is 60.4 Å². The van der Waals surface area contributed by atoms with Crippen molar-refractivity contribution >= 4 is 16.6 Å². The number of fused-ring (bicyclic) bond motifs is 1. The molecule has 0 fully saturated rings. The lowest BCUT2D eigenvalue weighted by molar-refractivity contribution is 1.20. The number of nitrogen functional groups attached to an aromatic ring is 1. The van der Waals surface area contributed by atoms with Crippen LogP contribution in [0.3, 0.4) is 0 Å². The van der Waals surface area contributed by atoms with Gasteiger partial charge in [0.2, 0.25) is 0 Å². The van der Waals surface area contributed by atoms with E-state index in [1.165, 1.54) is 22.1 Å². The van der Waals surface area contributed by atoms with E-state index < -0.39 is 0 Å². The third-order valence-electron chi connectivity index (χ3n) is 3.27. The van der Waals surface area contributed by atoms with E-state index in [1.54, 1.807) is 0 Å². The van der Waals surface area contributed by atoms with Crippen molar-refractivity contribution in [3.05, 3.63) is 71.4 Å². The van der Waals surface area contributed by atoms with E-state index in [0.717, 1.165) is 17.6 Å². The van der Waals surface area contributed by atoms with Crippen LogP contribution < -0.4 is 5.73 Å². The maximum absolute atomic E-state index is 5.70. The molecule has 2 nitrogen and oxygen atoms in total. The van der Waals surface area contributed by atoms with Gasteiger partial charge in [-0.1, -0.05) is 18.2 Å². The second-order valence-corrected chi connectivity index (χ2v) is 4.96. The molecule has 0 aliphatic heterocycles. The number of aromatic nitrogens is 1. The summed E-state index contributed by atoms with van der Waals surface area (Å²) in [4.78, 5) is 4.42. The molecule has 0 aliphatic rings. The normalized spacial score (nSPS) is 10.8. The number of anilines is 1. The number of nitrogens with zero attached hydrogens (tertiary/aromatic N) is 1. The highest BCUT2D eigenvalue weighted by Gasteiger charge is 2.00. The van der Waals surface area contributed by atoms with Crippen molar-refractivity contribution in [2.24, 2.45) is 0 Å². The van der Waals surface area contributed by atoms with Crippen molar-refractivity contribution in [3.8, 4) is 0 Å². The standard InChI is InChI=1S/C17H16N2/c1-12-8-15-10-14(4-7-17(15)19-11-12)9-13-2-5-16(18)6-3-13/h2-8,10-11H,9,18H2,1H3. The minimum absolute atomic E-state index is 0.807. The molecule has 94 valence electrons. The largest absolute Gasteiger partial charge is 0.399 e. The number of nitrogens with two attached hydrogens (primary N) is 1. The summed E-state index contributed by atoms with van der Waals surface area (Å²) in [5.41, 5.74) is 11.3. The first-order valence-electron chi connectivity index (χ1n) is 6.40. The summed E-state index contributed by atoms with van der Waals surface area (Å²) < 4.78 is 0. The summed E-state index contributed by atoms with van der Waals surface area (Å²) in [7, 11) is 0. The molecule has 3 rings (SSSR count). The van der Waals surface area contributed by atoms with Gasteiger partial charge in [-0.15, -0.1) is 0 Å². The quantitative estimate of drug-likeness (QED) is 0.702. The van der Waals surface area contributed by atoms with E-state index >= 15 is 0 Å². The SMILES string of the molecule is Cc1cnc2ccc(Cc3ccc(N)cc3)cc2c1. The summed E-state index contributed by atoms with van der Waals surface area (Å²) in [6, 6.07) is 16.7. The summed E-state index contributed by atoms with van der Waals surface area (Å²) >= 11 is 0. The number of benzene rings is 2. The summed E-state index contributed by atoms with van der Waals surface area (Å²) in [5, 5.41) is 1.20. The molecule has 1 heterocycles. The first-order valence-corrected chi connectivity index (χ1v) is 6.40. The van der Waals surface area contributed by atoms with Crippen LogP contribution in [0.4, 0.5) is 5.69 Å². The molecule has 0 amide bonds. The highest BCUT2D eigenvalue weighted by molar-refractivity contribution is 5.79. The Kier molecular flexibility index (Phi) is 2.92. The second kappa shape index (κ2) is 4.73. The lowest BCUT2D eigenvalue weighted by atomic mass is 10.0. The van der Waals surface area contributed by atoms with E-state index in [-0.39, 0.29) is 0 Å². The van der Waals surface area contributed by atoms with Crippen LogP contribution in [-0.4, -0.2) is 4.98 Å². The Labute approximate surface area is 112 Å². The summed E-state index contributed by atoms with van der Waals surface area (Å²) in [6.07, 6.45) is 2.83. The number of hydrogen-bond donors (Lipinski definition) is 1. The van der Waals surface area contributed by atoms with Crippen LogP contribution in [-0.2, 0) is 6.42 Å². The molecular weight excluding hydrogens is 232 g/mol. The van der Waals surface area contributed by atoms with E-state index in [2.05, 4.69) is 48.3 Å². The molecule has 3 aromatic rings. The fraction of sp³-hybridized carbons (Fsp3) is 0.118. The van der Waals surface area contributed by atoms with Crippen molar-refractivity contribution < 1.29 is 0 Å². The van der Waals surface area contributed by atoms with Crippen molar-refractivity contribution in [3.63, 3.8) is 0 Å². The Hall–Kier alpha value is -2.35. The van der Waals surface area contributed by atoms with Gasteiger partial charge in [-0.3, -0.25) is 4.98 Å². The van der Waals surface area contributed by atoms with E-state index in [0.29, 0.717) is 0 Å². The number of rotatable bonds is 2. The maximum Gasteiger partial charge on any atom is 0.0702 e. The monoisotopic (exact) mass is 248 g/mol. The zero-order valence-electron chi connectivity index (χ0n) is 10.9. The van der Waals surface area contributed by atoms with Crippen LogP contribution in [0, 0.1) is 6.92 Å². The fourth-order valence-electron chi connectivity index (χ4n) is 2.27. The molecule has 2 aromatic carbocycles. The average molecular weight is 248 g/mol. The fourth-order valence-corrected chi connectivity index (χ4v) is 2.27. The Morgan fingerprint density at radius 2 is 1.68 bits per heavy atom. The van der Waals surface area contributed by atoms with Gasteiger partial charge in [0.15, 0.2) is 0 Å². The van der Waals surface area contributed by atoms with Gasteiger partial charge in [-0.2, -0.15) is 0 Å². The smallest absolute Gasteiger partial charge is 0.0702 e. The Balaban J connectivity index is 1.94. The van der Waals surface area contributed by atoms with Crippen LogP contribution >= 0.6 is 0 Å². The van der Waals surface area contributed by atoms with Gasteiger partial charge in [0.1, 0.15) is 0 Å². The molecule has 0 unspecified atom stereocenters. The minimum Gasteiger partial charge on any atom is -0.399 e. The van der Waals surface area contributed by atoms with E-state index in [4.69, 9.17) is 5.73 Å². The molecule has 0 atom stereocenters. The molecular formula is C17H16N2. The van der Waals surface area contributed by atoms with Crippen LogP contribution in [0.1, 0.15) is 16.7 Å². The van der Waals surface area contributed by atoms with Crippen molar-refractivity contribution in [1.29, 1.82) is 0 Å². The highest BCUT2D eigenvalue weighted by Crippen LogP contribution is 2.18. The van der Waals surface area contributed by atoms with Crippen LogP contribution in [0.15, 0.2) is 54.7 Å². The number of pyridine rings is 1. The molecule has 0 spiro atoms. The maximum atomic E-state index is 5.70. The highest BCUT2D eigenvalue weighted by atomic mass is 14.6. The van der Waals surface area contributed by atoms with Crippen molar-refractivity contribution in [2.75, 3.05) is 5.73 Å². The molecule has 0 radical (unpaired) electrons. The number of hydrogen-bond acceptors (Lipinski definition) is 2. The third kappa shape index (κ3) is 2.58. The Bertz CT molecular complexity index is 715. The van der Waals surface area contributed by atoms with E-state index in [1.807, 2.05) is 18.3 Å². The van der Waals surface area contributed by atoms with Gasteiger partial charge in [0.25, 0.3) is 0 Å². The molecule has 19 heavy (non-hydrogen) atoms. The second-order valence-electron chi connectivity index (χ2n) is 4.96. The molecule has 1 aromatic heterocycles. The van der Waals surface area contributed by atoms with Gasteiger partial charge in [0.05, 0.1) is 5.52 Å². The predicted octanol–water partition coefficient (Wildman–Crippen LogP) is 3.72. The number of aryl methyl sites for hydroxylation is 1. The average Bonchev–Trinajstić information content (AvgIpc) is 2.41. The molecule has 0 saturated heterocycles. The van der Waals surface area contributed by atoms with Gasteiger partial charge >= 0.3 is 0 Å². The molecule has 0 aliphatic carbocycles. The Morgan fingerprint density at radius 1 is 0.947 bits per heavy atom. The zero-order valence-corrected chi connectivity index (χ0v) is 10.9. The van der Waals surface area contributed by atoms with Crippen LogP contribution in [0.5, 0.6) is 0 Å².